The van der Waals surface area contributed by atoms with Crippen LogP contribution in [0.5, 0.6) is 0 Å². The van der Waals surface area contributed by atoms with E-state index in [0.717, 1.165) is 31.2 Å². The van der Waals surface area contributed by atoms with Crippen molar-refractivity contribution in [2.45, 2.75) is 59.0 Å². The van der Waals surface area contributed by atoms with Gasteiger partial charge in [0, 0.05) is 0 Å². The van der Waals surface area contributed by atoms with Crippen molar-refractivity contribution in [1.82, 2.24) is 0 Å². The zero-order valence-electron chi connectivity index (χ0n) is 11.0. The van der Waals surface area contributed by atoms with Crippen LogP contribution in [0.15, 0.2) is 18.2 Å². The minimum atomic E-state index is -0.623. The lowest BCUT2D eigenvalue weighted by Gasteiger charge is -2.28. The summed E-state index contributed by atoms with van der Waals surface area (Å²) in [5.41, 5.74) is 3.02. The van der Waals surface area contributed by atoms with E-state index in [-0.39, 0.29) is 0 Å². The molecule has 0 amide bonds. The summed E-state index contributed by atoms with van der Waals surface area (Å²) in [6.07, 6.45) is 3.74. The second kappa shape index (κ2) is 5.49. The van der Waals surface area contributed by atoms with Gasteiger partial charge in [0.05, 0.1) is 5.60 Å². The Labute approximate surface area is 99.5 Å². The summed E-state index contributed by atoms with van der Waals surface area (Å²) in [5.74, 6) is 0. The average Bonchev–Trinajstić information content (AvgIpc) is 2.22. The third-order valence-electron chi connectivity index (χ3n) is 3.37. The van der Waals surface area contributed by atoms with Crippen LogP contribution in [0.25, 0.3) is 0 Å². The molecule has 0 unspecified atom stereocenters. The summed E-state index contributed by atoms with van der Waals surface area (Å²) in [5, 5.41) is 10.7. The summed E-state index contributed by atoms with van der Waals surface area (Å²) in [6, 6.07) is 6.33. The Hall–Kier alpha value is -0.820. The topological polar surface area (TPSA) is 20.2 Å². The molecule has 0 spiro atoms. The number of rotatable bonds is 5. The lowest BCUT2D eigenvalue weighted by Crippen LogP contribution is -2.25. The maximum atomic E-state index is 10.7. The number of hydrogen-bond acceptors (Lipinski definition) is 1. The summed E-state index contributed by atoms with van der Waals surface area (Å²) >= 11 is 0. The molecule has 1 aromatic carbocycles. The summed E-state index contributed by atoms with van der Waals surface area (Å²) in [6.45, 7) is 8.47. The highest BCUT2D eigenvalue weighted by Gasteiger charge is 2.27. The van der Waals surface area contributed by atoms with E-state index in [1.165, 1.54) is 11.1 Å². The molecule has 0 atom stereocenters. The van der Waals surface area contributed by atoms with Gasteiger partial charge in [-0.2, -0.15) is 0 Å². The molecule has 0 bridgehead atoms. The first-order valence-electron chi connectivity index (χ1n) is 6.33. The van der Waals surface area contributed by atoms with Crippen LogP contribution in [0.1, 0.15) is 56.2 Å². The monoisotopic (exact) mass is 220 g/mol. The molecule has 0 aromatic heterocycles. The van der Waals surface area contributed by atoms with Gasteiger partial charge in [-0.1, -0.05) is 44.9 Å². The van der Waals surface area contributed by atoms with E-state index in [4.69, 9.17) is 0 Å². The fourth-order valence-corrected chi connectivity index (χ4v) is 2.27. The number of aliphatic hydroxyl groups is 1. The summed E-state index contributed by atoms with van der Waals surface area (Å²) in [7, 11) is 0. The van der Waals surface area contributed by atoms with Gasteiger partial charge < -0.3 is 5.11 Å². The molecule has 1 heteroatoms. The Kier molecular flexibility index (Phi) is 4.55. The quantitative estimate of drug-likeness (QED) is 0.792. The molecule has 16 heavy (non-hydrogen) atoms. The van der Waals surface area contributed by atoms with Crippen LogP contribution in [0.2, 0.25) is 0 Å². The largest absolute Gasteiger partial charge is 0.385 e. The second-order valence-corrected chi connectivity index (χ2v) is 4.83. The zero-order valence-corrected chi connectivity index (χ0v) is 11.0. The molecule has 90 valence electrons. The molecule has 0 saturated carbocycles. The van der Waals surface area contributed by atoms with E-state index in [1.807, 2.05) is 0 Å². The van der Waals surface area contributed by atoms with Crippen molar-refractivity contribution < 1.29 is 5.11 Å². The van der Waals surface area contributed by atoms with Crippen molar-refractivity contribution in [3.8, 4) is 0 Å². The first-order chi connectivity index (χ1) is 7.53. The maximum absolute atomic E-state index is 10.7. The zero-order chi connectivity index (χ0) is 12.2. The Bertz CT molecular complexity index is 335. The molecule has 0 radical (unpaired) electrons. The van der Waals surface area contributed by atoms with Crippen molar-refractivity contribution in [1.29, 1.82) is 0 Å². The lowest BCUT2D eigenvalue weighted by atomic mass is 9.84. The van der Waals surface area contributed by atoms with E-state index < -0.39 is 5.60 Å². The first-order valence-corrected chi connectivity index (χ1v) is 6.33. The maximum Gasteiger partial charge on any atom is 0.0896 e. The highest BCUT2D eigenvalue weighted by atomic mass is 16.3. The fraction of sp³-hybridized carbons (Fsp3) is 0.600. The highest BCUT2D eigenvalue weighted by molar-refractivity contribution is 5.33. The molecule has 1 rings (SSSR count). The molecule has 0 aliphatic rings. The van der Waals surface area contributed by atoms with E-state index in [2.05, 4.69) is 45.9 Å². The Balaban J connectivity index is 3.05. The van der Waals surface area contributed by atoms with E-state index in [9.17, 15) is 5.11 Å². The van der Waals surface area contributed by atoms with Gasteiger partial charge >= 0.3 is 0 Å². The minimum Gasteiger partial charge on any atom is -0.385 e. The molecular weight excluding hydrogens is 196 g/mol. The number of aryl methyl sites for hydroxylation is 2. The molecule has 1 nitrogen and oxygen atoms in total. The van der Waals surface area contributed by atoms with Crippen LogP contribution in [0.3, 0.4) is 0 Å². The van der Waals surface area contributed by atoms with Crippen LogP contribution in [0.4, 0.5) is 0 Å². The van der Waals surface area contributed by atoms with Crippen LogP contribution in [-0.2, 0) is 5.60 Å². The van der Waals surface area contributed by atoms with Gasteiger partial charge in [0.15, 0.2) is 0 Å². The molecule has 1 N–H and O–H groups in total. The predicted molar refractivity (Wildman–Crippen MR) is 69.6 cm³/mol. The van der Waals surface area contributed by atoms with Crippen molar-refractivity contribution in [2.24, 2.45) is 0 Å². The van der Waals surface area contributed by atoms with Crippen LogP contribution < -0.4 is 0 Å². The van der Waals surface area contributed by atoms with Gasteiger partial charge in [-0.15, -0.1) is 0 Å². The Morgan fingerprint density at radius 3 is 2.00 bits per heavy atom. The van der Waals surface area contributed by atoms with Gasteiger partial charge in [-0.05, 0) is 43.4 Å². The van der Waals surface area contributed by atoms with Gasteiger partial charge in [0.2, 0.25) is 0 Å². The summed E-state index contributed by atoms with van der Waals surface area (Å²) in [4.78, 5) is 0. The van der Waals surface area contributed by atoms with Crippen molar-refractivity contribution >= 4 is 0 Å². The average molecular weight is 220 g/mol. The number of benzene rings is 1. The fourth-order valence-electron chi connectivity index (χ4n) is 2.27. The van der Waals surface area contributed by atoms with Crippen LogP contribution in [0, 0.1) is 13.8 Å². The Morgan fingerprint density at radius 1 is 1.00 bits per heavy atom. The lowest BCUT2D eigenvalue weighted by molar-refractivity contribution is 0.0169. The molecule has 0 aliphatic heterocycles. The standard InChI is InChI=1S/C15H24O/c1-5-9-15(16,10-6-2)14-8-7-12(3)13(4)11-14/h7-8,11,16H,5-6,9-10H2,1-4H3. The van der Waals surface area contributed by atoms with Gasteiger partial charge in [-0.25, -0.2) is 0 Å². The van der Waals surface area contributed by atoms with Crippen molar-refractivity contribution in [3.05, 3.63) is 34.9 Å². The van der Waals surface area contributed by atoms with E-state index in [0.29, 0.717) is 0 Å². The molecule has 0 heterocycles. The SMILES string of the molecule is CCCC(O)(CCC)c1ccc(C)c(C)c1. The molecule has 0 fully saturated rings. The third kappa shape index (κ3) is 2.85. The van der Waals surface area contributed by atoms with Gasteiger partial charge in [0.1, 0.15) is 0 Å². The van der Waals surface area contributed by atoms with Crippen molar-refractivity contribution in [2.75, 3.05) is 0 Å². The molecule has 1 aromatic rings. The van der Waals surface area contributed by atoms with Crippen LogP contribution >= 0.6 is 0 Å². The number of hydrogen-bond donors (Lipinski definition) is 1. The minimum absolute atomic E-state index is 0.623. The van der Waals surface area contributed by atoms with E-state index >= 15 is 0 Å². The first kappa shape index (κ1) is 13.2. The highest BCUT2D eigenvalue weighted by Crippen LogP contribution is 2.32. The van der Waals surface area contributed by atoms with E-state index in [1.54, 1.807) is 0 Å². The van der Waals surface area contributed by atoms with Gasteiger partial charge in [-0.3, -0.25) is 0 Å². The molecule has 0 saturated heterocycles. The smallest absolute Gasteiger partial charge is 0.0896 e. The van der Waals surface area contributed by atoms with Crippen molar-refractivity contribution in [3.63, 3.8) is 0 Å². The predicted octanol–water partition coefficient (Wildman–Crippen LogP) is 4.09. The molecule has 0 aliphatic carbocycles. The Morgan fingerprint density at radius 2 is 1.56 bits per heavy atom. The third-order valence-corrected chi connectivity index (χ3v) is 3.37. The second-order valence-electron chi connectivity index (χ2n) is 4.83. The normalized spacial score (nSPS) is 11.8. The molecular formula is C15H24O. The van der Waals surface area contributed by atoms with Crippen LogP contribution in [-0.4, -0.2) is 5.11 Å². The summed E-state index contributed by atoms with van der Waals surface area (Å²) < 4.78 is 0. The van der Waals surface area contributed by atoms with Gasteiger partial charge in [0.25, 0.3) is 0 Å².